The maximum atomic E-state index is 10.8. The lowest BCUT2D eigenvalue weighted by molar-refractivity contribution is 0.0252. The zero-order chi connectivity index (χ0) is 19.8. The summed E-state index contributed by atoms with van der Waals surface area (Å²) in [5.41, 5.74) is 3.32. The van der Waals surface area contributed by atoms with Gasteiger partial charge in [0.15, 0.2) is 0 Å². The molecule has 1 aliphatic carbocycles. The SMILES string of the molecule is C=CCN1CC2CC(c3ccc(Cl)cc3)C(c3ccc(Cl)cc3Cl)=CC2C1O. The molecule has 0 spiro atoms. The molecule has 4 atom stereocenters. The van der Waals surface area contributed by atoms with Gasteiger partial charge in [0.25, 0.3) is 0 Å². The van der Waals surface area contributed by atoms with E-state index in [9.17, 15) is 5.11 Å². The van der Waals surface area contributed by atoms with Gasteiger partial charge in [-0.15, -0.1) is 6.58 Å². The Morgan fingerprint density at radius 1 is 1.07 bits per heavy atom. The molecule has 146 valence electrons. The van der Waals surface area contributed by atoms with E-state index in [2.05, 4.69) is 29.7 Å². The monoisotopic (exact) mass is 433 g/mol. The molecule has 0 aromatic heterocycles. The van der Waals surface area contributed by atoms with Crippen LogP contribution in [-0.4, -0.2) is 29.3 Å². The predicted molar refractivity (Wildman–Crippen MR) is 118 cm³/mol. The second kappa shape index (κ2) is 8.22. The van der Waals surface area contributed by atoms with Crippen molar-refractivity contribution in [1.29, 1.82) is 0 Å². The summed E-state index contributed by atoms with van der Waals surface area (Å²) in [6, 6.07) is 13.6. The third kappa shape index (κ3) is 3.77. The van der Waals surface area contributed by atoms with Crippen molar-refractivity contribution in [3.05, 3.63) is 87.4 Å². The molecule has 1 heterocycles. The Morgan fingerprint density at radius 2 is 1.79 bits per heavy atom. The molecular formula is C23H22Cl3NO. The first-order valence-electron chi connectivity index (χ1n) is 9.43. The van der Waals surface area contributed by atoms with Crippen LogP contribution in [0.1, 0.15) is 23.5 Å². The summed E-state index contributed by atoms with van der Waals surface area (Å²) in [4.78, 5) is 2.09. The normalized spacial score (nSPS) is 27.4. The first kappa shape index (κ1) is 20.0. The number of halogens is 3. The Bertz CT molecular complexity index is 909. The predicted octanol–water partition coefficient (Wildman–Crippen LogP) is 6.27. The van der Waals surface area contributed by atoms with Gasteiger partial charge < -0.3 is 5.11 Å². The summed E-state index contributed by atoms with van der Waals surface area (Å²) >= 11 is 18.8. The van der Waals surface area contributed by atoms with Crippen molar-refractivity contribution in [3.8, 4) is 0 Å². The number of fused-ring (bicyclic) bond motifs is 1. The fourth-order valence-electron chi connectivity index (χ4n) is 4.58. The van der Waals surface area contributed by atoms with Crippen LogP contribution in [-0.2, 0) is 0 Å². The molecule has 2 aromatic carbocycles. The number of nitrogens with zero attached hydrogens (tertiary/aromatic N) is 1. The van der Waals surface area contributed by atoms with E-state index >= 15 is 0 Å². The highest BCUT2D eigenvalue weighted by Gasteiger charge is 2.44. The third-order valence-corrected chi connectivity index (χ3v) is 6.70. The van der Waals surface area contributed by atoms with Crippen LogP contribution in [0.15, 0.2) is 61.2 Å². The number of likely N-dealkylation sites (tertiary alicyclic amines) is 1. The van der Waals surface area contributed by atoms with E-state index in [1.54, 1.807) is 6.07 Å². The number of hydrogen-bond acceptors (Lipinski definition) is 2. The molecule has 1 fully saturated rings. The van der Waals surface area contributed by atoms with E-state index in [0.717, 1.165) is 29.1 Å². The third-order valence-electron chi connectivity index (χ3n) is 5.90. The minimum atomic E-state index is -0.504. The van der Waals surface area contributed by atoms with Crippen LogP contribution in [0.5, 0.6) is 0 Å². The average Bonchev–Trinajstić information content (AvgIpc) is 2.97. The first-order valence-corrected chi connectivity index (χ1v) is 10.6. The van der Waals surface area contributed by atoms with Crippen LogP contribution in [0.25, 0.3) is 5.57 Å². The lowest BCUT2D eigenvalue weighted by atomic mass is 9.71. The molecule has 4 unspecified atom stereocenters. The lowest BCUT2D eigenvalue weighted by Gasteiger charge is -2.33. The van der Waals surface area contributed by atoms with Gasteiger partial charge in [0, 0.05) is 40.0 Å². The van der Waals surface area contributed by atoms with Crippen LogP contribution >= 0.6 is 34.8 Å². The topological polar surface area (TPSA) is 23.5 Å². The van der Waals surface area contributed by atoms with E-state index in [-0.39, 0.29) is 11.8 Å². The minimum absolute atomic E-state index is 0.0743. The smallest absolute Gasteiger partial charge is 0.114 e. The highest BCUT2D eigenvalue weighted by molar-refractivity contribution is 6.35. The number of aliphatic hydroxyl groups is 1. The first-order chi connectivity index (χ1) is 13.5. The van der Waals surface area contributed by atoms with Gasteiger partial charge in [0.1, 0.15) is 6.23 Å². The highest BCUT2D eigenvalue weighted by atomic mass is 35.5. The fourth-order valence-corrected chi connectivity index (χ4v) is 5.23. The lowest BCUT2D eigenvalue weighted by Crippen LogP contribution is -2.32. The van der Waals surface area contributed by atoms with Crippen LogP contribution in [0.3, 0.4) is 0 Å². The van der Waals surface area contributed by atoms with E-state index in [1.165, 1.54) is 5.56 Å². The van der Waals surface area contributed by atoms with Gasteiger partial charge in [-0.3, -0.25) is 4.90 Å². The molecule has 0 radical (unpaired) electrons. The summed E-state index contributed by atoms with van der Waals surface area (Å²) in [5, 5.41) is 12.8. The Morgan fingerprint density at radius 3 is 2.46 bits per heavy atom. The molecule has 0 saturated carbocycles. The van der Waals surface area contributed by atoms with Gasteiger partial charge in [0.2, 0.25) is 0 Å². The molecule has 1 aliphatic heterocycles. The van der Waals surface area contributed by atoms with Crippen molar-refractivity contribution in [2.24, 2.45) is 11.8 Å². The van der Waals surface area contributed by atoms with Gasteiger partial charge >= 0.3 is 0 Å². The van der Waals surface area contributed by atoms with Crippen LogP contribution < -0.4 is 0 Å². The summed E-state index contributed by atoms with van der Waals surface area (Å²) in [6.45, 7) is 5.36. The van der Waals surface area contributed by atoms with Crippen molar-refractivity contribution >= 4 is 40.4 Å². The number of aliphatic hydroxyl groups excluding tert-OH is 1. The van der Waals surface area contributed by atoms with Gasteiger partial charge in [0.05, 0.1) is 0 Å². The number of benzene rings is 2. The van der Waals surface area contributed by atoms with E-state index < -0.39 is 6.23 Å². The van der Waals surface area contributed by atoms with Crippen molar-refractivity contribution in [2.45, 2.75) is 18.6 Å². The van der Waals surface area contributed by atoms with Crippen molar-refractivity contribution in [3.63, 3.8) is 0 Å². The van der Waals surface area contributed by atoms with Crippen molar-refractivity contribution in [1.82, 2.24) is 4.90 Å². The second-order valence-electron chi connectivity index (χ2n) is 7.58. The largest absolute Gasteiger partial charge is 0.378 e. The van der Waals surface area contributed by atoms with E-state index in [0.29, 0.717) is 22.5 Å². The average molecular weight is 435 g/mol. The summed E-state index contributed by atoms with van der Waals surface area (Å²) in [5.74, 6) is 0.642. The van der Waals surface area contributed by atoms with Gasteiger partial charge in [-0.25, -0.2) is 0 Å². The van der Waals surface area contributed by atoms with Gasteiger partial charge in [-0.05, 0) is 53.3 Å². The Labute approximate surface area is 181 Å². The van der Waals surface area contributed by atoms with Crippen LogP contribution in [0.2, 0.25) is 15.1 Å². The van der Waals surface area contributed by atoms with E-state index in [4.69, 9.17) is 34.8 Å². The molecule has 28 heavy (non-hydrogen) atoms. The van der Waals surface area contributed by atoms with Crippen LogP contribution in [0, 0.1) is 11.8 Å². The molecule has 2 aromatic rings. The summed E-state index contributed by atoms with van der Waals surface area (Å²) in [6.07, 6.45) is 4.51. The molecule has 4 rings (SSSR count). The molecule has 0 amide bonds. The Balaban J connectivity index is 1.79. The minimum Gasteiger partial charge on any atom is -0.378 e. The summed E-state index contributed by atoms with van der Waals surface area (Å²) < 4.78 is 0. The standard InChI is InChI=1S/C23H22Cl3NO/c1-2-9-27-13-15-10-19(14-3-5-16(24)6-4-14)21(12-20(15)23(27)28)18-8-7-17(25)11-22(18)26/h2-8,11-12,15,19-20,23,28H,1,9-10,13H2. The number of allylic oxidation sites excluding steroid dienone is 1. The van der Waals surface area contributed by atoms with Gasteiger partial charge in [-0.2, -0.15) is 0 Å². The maximum absolute atomic E-state index is 10.8. The number of rotatable bonds is 4. The maximum Gasteiger partial charge on any atom is 0.114 e. The molecule has 5 heteroatoms. The number of hydrogen-bond donors (Lipinski definition) is 1. The molecule has 1 N–H and O–H groups in total. The van der Waals surface area contributed by atoms with Crippen molar-refractivity contribution in [2.75, 3.05) is 13.1 Å². The van der Waals surface area contributed by atoms with Gasteiger partial charge in [-0.1, -0.05) is 65.2 Å². The second-order valence-corrected chi connectivity index (χ2v) is 8.86. The Hall–Kier alpha value is -1.29. The quantitative estimate of drug-likeness (QED) is 0.573. The zero-order valence-electron chi connectivity index (χ0n) is 15.4. The molecule has 2 aliphatic rings. The molecule has 1 saturated heterocycles. The fraction of sp³-hybridized carbons (Fsp3) is 0.304. The molecule has 0 bridgehead atoms. The zero-order valence-corrected chi connectivity index (χ0v) is 17.6. The molecule has 2 nitrogen and oxygen atoms in total. The summed E-state index contributed by atoms with van der Waals surface area (Å²) in [7, 11) is 0. The Kier molecular flexibility index (Phi) is 5.87. The molecular weight excluding hydrogens is 413 g/mol. The van der Waals surface area contributed by atoms with E-state index in [1.807, 2.05) is 30.3 Å². The highest BCUT2D eigenvalue weighted by Crippen LogP contribution is 2.49. The van der Waals surface area contributed by atoms with Crippen molar-refractivity contribution < 1.29 is 5.11 Å². The van der Waals surface area contributed by atoms with Crippen LogP contribution in [0.4, 0.5) is 0 Å².